The molecule has 0 amide bonds. The van der Waals surface area contributed by atoms with Crippen molar-refractivity contribution in [2.75, 3.05) is 0 Å². The molecule has 0 bridgehead atoms. The summed E-state index contributed by atoms with van der Waals surface area (Å²) < 4.78 is 13.7. The number of benzene rings is 2. The predicted octanol–water partition coefficient (Wildman–Crippen LogP) is 4.64. The van der Waals surface area contributed by atoms with Gasteiger partial charge in [-0.3, -0.25) is 0 Å². The van der Waals surface area contributed by atoms with E-state index in [9.17, 15) is 4.39 Å². The van der Waals surface area contributed by atoms with Crippen LogP contribution < -0.4 is 5.32 Å². The van der Waals surface area contributed by atoms with Crippen molar-refractivity contribution in [3.05, 3.63) is 70.0 Å². The van der Waals surface area contributed by atoms with Gasteiger partial charge in [-0.1, -0.05) is 53.6 Å². The third-order valence-corrected chi connectivity index (χ3v) is 3.50. The molecular formula is C16H17ClFN. The van der Waals surface area contributed by atoms with Gasteiger partial charge in [-0.25, -0.2) is 4.39 Å². The zero-order valence-electron chi connectivity index (χ0n) is 11.1. The van der Waals surface area contributed by atoms with Gasteiger partial charge in [0.15, 0.2) is 0 Å². The minimum atomic E-state index is -0.340. The summed E-state index contributed by atoms with van der Waals surface area (Å²) in [5.41, 5.74) is 3.01. The lowest BCUT2D eigenvalue weighted by atomic mass is 10.1. The van der Waals surface area contributed by atoms with Crippen molar-refractivity contribution >= 4 is 11.6 Å². The van der Waals surface area contributed by atoms with Crippen LogP contribution in [0.3, 0.4) is 0 Å². The van der Waals surface area contributed by atoms with Gasteiger partial charge in [-0.15, -0.1) is 0 Å². The van der Waals surface area contributed by atoms with Crippen LogP contribution in [0.15, 0.2) is 42.5 Å². The molecule has 0 heterocycles. The molecule has 0 aliphatic rings. The lowest BCUT2D eigenvalue weighted by Gasteiger charge is -2.15. The number of aryl methyl sites for hydroxylation is 1. The van der Waals surface area contributed by atoms with E-state index in [1.165, 1.54) is 11.1 Å². The molecule has 0 unspecified atom stereocenters. The Morgan fingerprint density at radius 2 is 1.84 bits per heavy atom. The van der Waals surface area contributed by atoms with Crippen LogP contribution in [0, 0.1) is 12.7 Å². The van der Waals surface area contributed by atoms with Crippen LogP contribution in [0.5, 0.6) is 0 Å². The van der Waals surface area contributed by atoms with Gasteiger partial charge in [0.05, 0.1) is 5.02 Å². The fourth-order valence-corrected chi connectivity index (χ4v) is 2.12. The van der Waals surface area contributed by atoms with Crippen LogP contribution in [-0.2, 0) is 6.54 Å². The molecule has 1 N–H and O–H groups in total. The molecule has 0 saturated heterocycles. The van der Waals surface area contributed by atoms with Crippen LogP contribution >= 0.6 is 11.6 Å². The number of hydrogen-bond donors (Lipinski definition) is 1. The van der Waals surface area contributed by atoms with Crippen LogP contribution in [0.4, 0.5) is 4.39 Å². The van der Waals surface area contributed by atoms with Crippen molar-refractivity contribution in [1.29, 1.82) is 0 Å². The second-order valence-electron chi connectivity index (χ2n) is 4.73. The number of rotatable bonds is 4. The molecule has 100 valence electrons. The highest BCUT2D eigenvalue weighted by Gasteiger charge is 2.08. The minimum Gasteiger partial charge on any atom is -0.306 e. The number of nitrogens with one attached hydrogen (secondary N) is 1. The molecule has 0 radical (unpaired) electrons. The Kier molecular flexibility index (Phi) is 4.56. The van der Waals surface area contributed by atoms with Crippen molar-refractivity contribution in [2.24, 2.45) is 0 Å². The van der Waals surface area contributed by atoms with E-state index in [-0.39, 0.29) is 16.9 Å². The Morgan fingerprint density at radius 3 is 2.53 bits per heavy atom. The Balaban J connectivity index is 2.02. The summed E-state index contributed by atoms with van der Waals surface area (Å²) in [5.74, 6) is -0.340. The summed E-state index contributed by atoms with van der Waals surface area (Å²) in [6.07, 6.45) is 0. The summed E-state index contributed by atoms with van der Waals surface area (Å²) in [7, 11) is 0. The van der Waals surface area contributed by atoms with E-state index in [4.69, 9.17) is 11.6 Å². The van der Waals surface area contributed by atoms with Crippen LogP contribution in [0.1, 0.15) is 29.7 Å². The molecule has 2 aromatic carbocycles. The van der Waals surface area contributed by atoms with E-state index >= 15 is 0 Å². The lowest BCUT2D eigenvalue weighted by molar-refractivity contribution is 0.544. The quantitative estimate of drug-likeness (QED) is 0.858. The molecule has 0 aromatic heterocycles. The molecule has 0 spiro atoms. The van der Waals surface area contributed by atoms with Gasteiger partial charge in [-0.05, 0) is 25.5 Å². The fraction of sp³-hybridized carbons (Fsp3) is 0.250. The van der Waals surface area contributed by atoms with Gasteiger partial charge < -0.3 is 5.32 Å². The molecule has 0 aliphatic heterocycles. The normalized spacial score (nSPS) is 12.4. The van der Waals surface area contributed by atoms with Crippen LogP contribution in [-0.4, -0.2) is 0 Å². The van der Waals surface area contributed by atoms with Crippen LogP contribution in [0.2, 0.25) is 5.02 Å². The largest absolute Gasteiger partial charge is 0.306 e. The maximum absolute atomic E-state index is 13.7. The first-order valence-corrected chi connectivity index (χ1v) is 6.68. The van der Waals surface area contributed by atoms with Gasteiger partial charge in [0.2, 0.25) is 0 Å². The van der Waals surface area contributed by atoms with Gasteiger partial charge >= 0.3 is 0 Å². The van der Waals surface area contributed by atoms with E-state index in [1.54, 1.807) is 18.2 Å². The molecule has 19 heavy (non-hydrogen) atoms. The number of hydrogen-bond acceptors (Lipinski definition) is 1. The molecule has 0 saturated carbocycles. The van der Waals surface area contributed by atoms with E-state index in [1.807, 2.05) is 0 Å². The van der Waals surface area contributed by atoms with Crippen LogP contribution in [0.25, 0.3) is 0 Å². The lowest BCUT2D eigenvalue weighted by Crippen LogP contribution is -2.18. The second-order valence-corrected chi connectivity index (χ2v) is 5.13. The zero-order chi connectivity index (χ0) is 13.8. The summed E-state index contributed by atoms with van der Waals surface area (Å²) >= 11 is 5.76. The summed E-state index contributed by atoms with van der Waals surface area (Å²) in [5, 5.41) is 3.47. The summed E-state index contributed by atoms with van der Waals surface area (Å²) in [6.45, 7) is 4.58. The summed E-state index contributed by atoms with van der Waals surface area (Å²) in [4.78, 5) is 0. The zero-order valence-corrected chi connectivity index (χ0v) is 11.8. The first kappa shape index (κ1) is 14.0. The molecule has 0 fully saturated rings. The maximum Gasteiger partial charge on any atom is 0.146 e. The predicted molar refractivity (Wildman–Crippen MR) is 77.8 cm³/mol. The molecule has 2 rings (SSSR count). The highest BCUT2D eigenvalue weighted by atomic mass is 35.5. The minimum absolute atomic E-state index is 0.166. The summed E-state index contributed by atoms with van der Waals surface area (Å²) in [6, 6.07) is 13.6. The Morgan fingerprint density at radius 1 is 1.16 bits per heavy atom. The highest BCUT2D eigenvalue weighted by Crippen LogP contribution is 2.19. The average Bonchev–Trinajstić information content (AvgIpc) is 2.41. The first-order valence-electron chi connectivity index (χ1n) is 6.31. The topological polar surface area (TPSA) is 12.0 Å². The molecular weight excluding hydrogens is 261 g/mol. The molecule has 0 aliphatic carbocycles. The Hall–Kier alpha value is -1.38. The number of halogens is 2. The maximum atomic E-state index is 13.7. The van der Waals surface area contributed by atoms with E-state index in [0.29, 0.717) is 12.1 Å². The Bertz CT molecular complexity index is 551. The SMILES string of the molecule is Cc1ccc([C@H](C)NCc2cccc(Cl)c2F)cc1. The van der Waals surface area contributed by atoms with E-state index < -0.39 is 0 Å². The third kappa shape index (κ3) is 3.55. The monoisotopic (exact) mass is 277 g/mol. The molecule has 1 atom stereocenters. The van der Waals surface area contributed by atoms with Crippen molar-refractivity contribution in [2.45, 2.75) is 26.4 Å². The van der Waals surface area contributed by atoms with Crippen molar-refractivity contribution in [3.63, 3.8) is 0 Å². The van der Waals surface area contributed by atoms with Crippen molar-refractivity contribution < 1.29 is 4.39 Å². The smallest absolute Gasteiger partial charge is 0.146 e. The molecule has 1 nitrogen and oxygen atoms in total. The highest BCUT2D eigenvalue weighted by molar-refractivity contribution is 6.30. The standard InChI is InChI=1S/C16H17ClFN/c1-11-6-8-13(9-7-11)12(2)19-10-14-4-3-5-15(17)16(14)18/h3-9,12,19H,10H2,1-2H3/t12-/m0/s1. The molecule has 2 aromatic rings. The van der Waals surface area contributed by atoms with E-state index in [0.717, 1.165) is 0 Å². The van der Waals surface area contributed by atoms with Gasteiger partial charge in [0.1, 0.15) is 5.82 Å². The average molecular weight is 278 g/mol. The first-order chi connectivity index (χ1) is 9.08. The third-order valence-electron chi connectivity index (χ3n) is 3.21. The van der Waals surface area contributed by atoms with Crippen molar-refractivity contribution in [1.82, 2.24) is 5.32 Å². The second kappa shape index (κ2) is 6.18. The van der Waals surface area contributed by atoms with Crippen molar-refractivity contribution in [3.8, 4) is 0 Å². The van der Waals surface area contributed by atoms with Gasteiger partial charge in [0, 0.05) is 18.2 Å². The fourth-order valence-electron chi connectivity index (χ4n) is 1.92. The van der Waals surface area contributed by atoms with Gasteiger partial charge in [-0.2, -0.15) is 0 Å². The Labute approximate surface area is 118 Å². The molecule has 3 heteroatoms. The van der Waals surface area contributed by atoms with E-state index in [2.05, 4.69) is 43.4 Å². The van der Waals surface area contributed by atoms with Gasteiger partial charge in [0.25, 0.3) is 0 Å².